The molecule has 0 radical (unpaired) electrons. The highest BCUT2D eigenvalue weighted by molar-refractivity contribution is 5.31. The molecule has 3 nitrogen and oxygen atoms in total. The molecule has 3 rings (SSSR count). The number of ether oxygens (including phenoxy) is 2. The van der Waals surface area contributed by atoms with Gasteiger partial charge in [-0.2, -0.15) is 0 Å². The fraction of sp³-hybridized carbons (Fsp3) is 0.647. The summed E-state index contributed by atoms with van der Waals surface area (Å²) in [5.41, 5.74) is 2.81. The van der Waals surface area contributed by atoms with Gasteiger partial charge >= 0.3 is 0 Å². The molecule has 4 unspecified atom stereocenters. The van der Waals surface area contributed by atoms with E-state index in [4.69, 9.17) is 9.47 Å². The van der Waals surface area contributed by atoms with Crippen molar-refractivity contribution >= 4 is 0 Å². The molecule has 1 saturated heterocycles. The molecule has 0 aliphatic carbocycles. The zero-order chi connectivity index (χ0) is 13.9. The van der Waals surface area contributed by atoms with E-state index in [2.05, 4.69) is 36.5 Å². The first-order valence-electron chi connectivity index (χ1n) is 7.78. The molecule has 0 bridgehead atoms. The second-order valence-electron chi connectivity index (χ2n) is 6.04. The highest BCUT2D eigenvalue weighted by Gasteiger charge is 2.34. The minimum absolute atomic E-state index is 0.203. The summed E-state index contributed by atoms with van der Waals surface area (Å²) in [4.78, 5) is 0. The van der Waals surface area contributed by atoms with E-state index in [-0.39, 0.29) is 6.10 Å². The molecular formula is C17H25NO2. The molecule has 0 spiro atoms. The third kappa shape index (κ3) is 2.76. The van der Waals surface area contributed by atoms with Gasteiger partial charge in [-0.05, 0) is 43.4 Å². The quantitative estimate of drug-likeness (QED) is 0.916. The van der Waals surface area contributed by atoms with Crippen molar-refractivity contribution in [1.29, 1.82) is 0 Å². The number of fused-ring (bicyclic) bond motifs is 1. The molecule has 1 N–H and O–H groups in total. The van der Waals surface area contributed by atoms with Gasteiger partial charge in [0, 0.05) is 12.6 Å². The number of likely N-dealkylation sites (N-methyl/N-ethyl adjacent to an activating group) is 1. The summed E-state index contributed by atoms with van der Waals surface area (Å²) in [6.45, 7) is 4.02. The molecule has 1 aromatic rings. The number of nitrogens with one attached hydrogen (secondary N) is 1. The Balaban J connectivity index is 1.73. The number of rotatable bonds is 4. The largest absolute Gasteiger partial charge is 0.376 e. The van der Waals surface area contributed by atoms with Crippen molar-refractivity contribution in [1.82, 2.24) is 5.32 Å². The van der Waals surface area contributed by atoms with Crippen LogP contribution in [0.5, 0.6) is 0 Å². The molecule has 2 aliphatic heterocycles. The van der Waals surface area contributed by atoms with E-state index in [9.17, 15) is 0 Å². The summed E-state index contributed by atoms with van der Waals surface area (Å²) in [6, 6.07) is 9.05. The number of benzene rings is 1. The van der Waals surface area contributed by atoms with Gasteiger partial charge in [0.1, 0.15) is 0 Å². The van der Waals surface area contributed by atoms with Gasteiger partial charge in [-0.25, -0.2) is 0 Å². The lowest BCUT2D eigenvalue weighted by Gasteiger charge is -2.32. The van der Waals surface area contributed by atoms with Gasteiger partial charge in [-0.1, -0.05) is 31.2 Å². The molecule has 20 heavy (non-hydrogen) atoms. The van der Waals surface area contributed by atoms with Crippen LogP contribution in [0.1, 0.15) is 37.0 Å². The van der Waals surface area contributed by atoms with Gasteiger partial charge in [0.05, 0.1) is 18.8 Å². The molecule has 110 valence electrons. The Morgan fingerprint density at radius 2 is 2.10 bits per heavy atom. The molecule has 1 aromatic carbocycles. The maximum absolute atomic E-state index is 6.04. The first kappa shape index (κ1) is 14.1. The zero-order valence-corrected chi connectivity index (χ0v) is 12.5. The van der Waals surface area contributed by atoms with Crippen molar-refractivity contribution in [3.05, 3.63) is 35.4 Å². The van der Waals surface area contributed by atoms with Gasteiger partial charge in [0.2, 0.25) is 0 Å². The normalized spacial score (nSPS) is 31.0. The number of hydrogen-bond acceptors (Lipinski definition) is 3. The van der Waals surface area contributed by atoms with Gasteiger partial charge in [0.15, 0.2) is 0 Å². The fourth-order valence-corrected chi connectivity index (χ4v) is 3.55. The Labute approximate surface area is 121 Å². The van der Waals surface area contributed by atoms with E-state index in [0.29, 0.717) is 18.1 Å². The molecule has 2 aliphatic rings. The van der Waals surface area contributed by atoms with Crippen LogP contribution in [0, 0.1) is 5.92 Å². The molecule has 3 heteroatoms. The number of hydrogen-bond donors (Lipinski definition) is 1. The second-order valence-corrected chi connectivity index (χ2v) is 6.04. The SMILES string of the molecule is CNC(CC1OCCc2ccccc21)C1OCCC1C. The van der Waals surface area contributed by atoms with Gasteiger partial charge < -0.3 is 14.8 Å². The second kappa shape index (κ2) is 6.25. The Morgan fingerprint density at radius 3 is 2.85 bits per heavy atom. The maximum Gasteiger partial charge on any atom is 0.0843 e. The van der Waals surface area contributed by atoms with Gasteiger partial charge in [-0.15, -0.1) is 0 Å². The van der Waals surface area contributed by atoms with Crippen LogP contribution < -0.4 is 5.32 Å². The van der Waals surface area contributed by atoms with Crippen LogP contribution in [0.3, 0.4) is 0 Å². The standard InChI is InChI=1S/C17H25NO2/c1-12-7-9-20-17(12)15(18-2)11-16-14-6-4-3-5-13(14)8-10-19-16/h3-6,12,15-18H,7-11H2,1-2H3. The lowest BCUT2D eigenvalue weighted by atomic mass is 9.89. The summed E-state index contributed by atoms with van der Waals surface area (Å²) < 4.78 is 12.0. The minimum atomic E-state index is 0.203. The van der Waals surface area contributed by atoms with Crippen molar-refractivity contribution < 1.29 is 9.47 Å². The molecular weight excluding hydrogens is 250 g/mol. The maximum atomic E-state index is 6.04. The monoisotopic (exact) mass is 275 g/mol. The summed E-state index contributed by atoms with van der Waals surface area (Å²) in [5.74, 6) is 0.631. The van der Waals surface area contributed by atoms with E-state index in [0.717, 1.165) is 26.1 Å². The van der Waals surface area contributed by atoms with Crippen LogP contribution in [0.4, 0.5) is 0 Å². The van der Waals surface area contributed by atoms with Crippen molar-refractivity contribution in [2.24, 2.45) is 5.92 Å². The van der Waals surface area contributed by atoms with Crippen molar-refractivity contribution in [3.63, 3.8) is 0 Å². The van der Waals surface area contributed by atoms with Gasteiger partial charge in [0.25, 0.3) is 0 Å². The summed E-state index contributed by atoms with van der Waals surface area (Å²) in [7, 11) is 2.04. The predicted octanol–water partition coefficient (Wildman–Crippen LogP) is 2.70. The lowest BCUT2D eigenvalue weighted by Crippen LogP contribution is -2.42. The van der Waals surface area contributed by atoms with Gasteiger partial charge in [-0.3, -0.25) is 0 Å². The van der Waals surface area contributed by atoms with Crippen LogP contribution >= 0.6 is 0 Å². The summed E-state index contributed by atoms with van der Waals surface area (Å²) >= 11 is 0. The van der Waals surface area contributed by atoms with Crippen LogP contribution in [-0.2, 0) is 15.9 Å². The molecule has 0 saturated carbocycles. The first-order chi connectivity index (χ1) is 9.79. The topological polar surface area (TPSA) is 30.5 Å². The van der Waals surface area contributed by atoms with Crippen LogP contribution in [0.2, 0.25) is 0 Å². The van der Waals surface area contributed by atoms with E-state index in [1.165, 1.54) is 17.5 Å². The van der Waals surface area contributed by atoms with Crippen molar-refractivity contribution in [3.8, 4) is 0 Å². The molecule has 4 atom stereocenters. The Bertz CT molecular complexity index is 448. The predicted molar refractivity (Wildman–Crippen MR) is 79.8 cm³/mol. The van der Waals surface area contributed by atoms with Crippen LogP contribution in [0.25, 0.3) is 0 Å². The first-order valence-corrected chi connectivity index (χ1v) is 7.78. The van der Waals surface area contributed by atoms with Crippen LogP contribution in [-0.4, -0.2) is 32.4 Å². The average molecular weight is 275 g/mol. The third-order valence-electron chi connectivity index (χ3n) is 4.77. The smallest absolute Gasteiger partial charge is 0.0843 e. The fourth-order valence-electron chi connectivity index (χ4n) is 3.55. The van der Waals surface area contributed by atoms with E-state index < -0.39 is 0 Å². The van der Waals surface area contributed by atoms with E-state index >= 15 is 0 Å². The van der Waals surface area contributed by atoms with E-state index in [1.807, 2.05) is 7.05 Å². The summed E-state index contributed by atoms with van der Waals surface area (Å²) in [6.07, 6.45) is 3.72. The Hall–Kier alpha value is -0.900. The average Bonchev–Trinajstić information content (AvgIpc) is 2.91. The highest BCUT2D eigenvalue weighted by Crippen LogP contribution is 2.33. The molecule has 0 amide bonds. The van der Waals surface area contributed by atoms with Crippen molar-refractivity contribution in [2.45, 2.75) is 44.4 Å². The van der Waals surface area contributed by atoms with Crippen LogP contribution in [0.15, 0.2) is 24.3 Å². The highest BCUT2D eigenvalue weighted by atomic mass is 16.5. The Kier molecular flexibility index (Phi) is 4.39. The van der Waals surface area contributed by atoms with E-state index in [1.54, 1.807) is 0 Å². The Morgan fingerprint density at radius 1 is 1.25 bits per heavy atom. The molecule has 2 heterocycles. The molecule has 1 fully saturated rings. The third-order valence-corrected chi connectivity index (χ3v) is 4.77. The lowest BCUT2D eigenvalue weighted by molar-refractivity contribution is 0.000970. The van der Waals surface area contributed by atoms with Crippen molar-refractivity contribution in [2.75, 3.05) is 20.3 Å². The zero-order valence-electron chi connectivity index (χ0n) is 12.5. The minimum Gasteiger partial charge on any atom is -0.376 e. The molecule has 0 aromatic heterocycles. The summed E-state index contributed by atoms with van der Waals surface area (Å²) in [5, 5.41) is 3.45.